The number of benzene rings is 2. The van der Waals surface area contributed by atoms with Crippen molar-refractivity contribution >= 4 is 44.6 Å². The number of carbonyl (C=O) groups is 1. The van der Waals surface area contributed by atoms with Gasteiger partial charge in [0.2, 0.25) is 5.91 Å². The summed E-state index contributed by atoms with van der Waals surface area (Å²) in [7, 11) is 0. The molecule has 0 aliphatic heterocycles. The van der Waals surface area contributed by atoms with Gasteiger partial charge in [0, 0.05) is 11.6 Å². The molecule has 1 N–H and O–H groups in total. The summed E-state index contributed by atoms with van der Waals surface area (Å²) >= 11 is 7.41. The Kier molecular flexibility index (Phi) is 6.98. The van der Waals surface area contributed by atoms with Crippen LogP contribution in [-0.4, -0.2) is 10.9 Å². The monoisotopic (exact) mass is 574 g/mol. The molecular weight excluding hydrogens is 557 g/mol. The Labute approximate surface area is 221 Å². The lowest BCUT2D eigenvalue weighted by Crippen LogP contribution is -2.35. The summed E-state index contributed by atoms with van der Waals surface area (Å²) in [5, 5.41) is 3.27. The van der Waals surface area contributed by atoms with E-state index in [9.17, 15) is 35.5 Å². The molecule has 2 aromatic heterocycles. The fourth-order valence-electron chi connectivity index (χ4n) is 3.90. The number of alkyl halides is 6. The number of nitrogens with one attached hydrogen (secondary N) is 1. The molecule has 2 aromatic carbocycles. The summed E-state index contributed by atoms with van der Waals surface area (Å²) in [5.41, 5.74) is -4.05. The van der Waals surface area contributed by atoms with Gasteiger partial charge in [0.05, 0.1) is 31.8 Å². The molecule has 0 radical (unpaired) electrons. The maximum Gasteiger partial charge on any atom is 0.416 e. The second kappa shape index (κ2) is 9.53. The minimum Gasteiger partial charge on any atom is -0.324 e. The van der Waals surface area contributed by atoms with Crippen LogP contribution in [0.1, 0.15) is 36.1 Å². The van der Waals surface area contributed by atoms with E-state index in [0.29, 0.717) is 38.2 Å². The molecule has 1 amide bonds. The number of thiophene rings is 1. The number of amides is 1. The van der Waals surface area contributed by atoms with Gasteiger partial charge in [-0.1, -0.05) is 17.7 Å². The number of nitrogens with zero attached hydrogens (tertiary/aromatic N) is 1. The van der Waals surface area contributed by atoms with Crippen molar-refractivity contribution in [3.8, 4) is 10.4 Å². The average Bonchev–Trinajstić information content (AvgIpc) is 3.17. The van der Waals surface area contributed by atoms with Crippen molar-refractivity contribution in [2.24, 2.45) is 0 Å². The third-order valence-corrected chi connectivity index (χ3v) is 7.75. The molecule has 0 atom stereocenters. The Morgan fingerprint density at radius 1 is 0.921 bits per heavy atom. The van der Waals surface area contributed by atoms with Crippen LogP contribution >= 0.6 is 22.9 Å². The average molecular weight is 575 g/mol. The van der Waals surface area contributed by atoms with Crippen molar-refractivity contribution in [2.45, 2.75) is 38.5 Å². The lowest BCUT2D eigenvalue weighted by Gasteiger charge is -2.26. The van der Waals surface area contributed by atoms with Crippen molar-refractivity contribution in [3.05, 3.63) is 81.9 Å². The minimum absolute atomic E-state index is 0.00822. The first-order valence-corrected chi connectivity index (χ1v) is 12.1. The molecule has 0 spiro atoms. The SMILES string of the molecule is Cc1cc(F)ccc1-c1sc2c(Cl)nccc2c1NC(=O)C(C)(C)c1cc(C(F)(F)F)cc(C(F)(F)F)c1. The summed E-state index contributed by atoms with van der Waals surface area (Å²) in [6, 6.07) is 6.65. The second-order valence-corrected chi connectivity index (χ2v) is 10.5. The fraction of sp³-hybridized carbons (Fsp3) is 0.231. The maximum absolute atomic E-state index is 13.8. The normalized spacial score (nSPS) is 12.7. The molecule has 200 valence electrons. The second-order valence-electron chi connectivity index (χ2n) is 9.12. The van der Waals surface area contributed by atoms with E-state index in [-0.39, 0.29) is 16.9 Å². The number of carbonyl (C=O) groups excluding carboxylic acids is 1. The molecule has 2 heterocycles. The van der Waals surface area contributed by atoms with Crippen LogP contribution < -0.4 is 5.32 Å². The predicted octanol–water partition coefficient (Wildman–Crippen LogP) is 9.02. The fourth-order valence-corrected chi connectivity index (χ4v) is 5.40. The number of pyridine rings is 1. The molecule has 0 bridgehead atoms. The van der Waals surface area contributed by atoms with Gasteiger partial charge in [-0.25, -0.2) is 9.37 Å². The smallest absolute Gasteiger partial charge is 0.324 e. The molecule has 0 saturated heterocycles. The Morgan fingerprint density at radius 2 is 1.50 bits per heavy atom. The molecule has 0 fully saturated rings. The van der Waals surface area contributed by atoms with E-state index in [2.05, 4.69) is 10.3 Å². The molecule has 0 saturated carbocycles. The summed E-state index contributed by atoms with van der Waals surface area (Å²) in [5.74, 6) is -1.35. The highest BCUT2D eigenvalue weighted by atomic mass is 35.5. The number of fused-ring (bicyclic) bond motifs is 1. The van der Waals surface area contributed by atoms with E-state index in [1.165, 1.54) is 38.2 Å². The summed E-state index contributed by atoms with van der Waals surface area (Å²) < 4.78 is 94.9. The largest absolute Gasteiger partial charge is 0.416 e. The van der Waals surface area contributed by atoms with Gasteiger partial charge in [-0.05, 0) is 73.9 Å². The maximum atomic E-state index is 13.8. The number of rotatable bonds is 4. The Morgan fingerprint density at radius 3 is 2.05 bits per heavy atom. The standard InChI is InChI=1S/C26H18ClF7N2OS/c1-12-8-16(28)4-5-17(12)20-19(18-6-7-35-22(27)21(18)38-20)36-23(37)24(2,3)13-9-14(25(29,30)31)11-15(10-13)26(32,33)34/h4-11H,1-3H3,(H,36,37). The number of halogens is 8. The van der Waals surface area contributed by atoms with E-state index in [1.54, 1.807) is 13.0 Å². The number of hydrogen-bond donors (Lipinski definition) is 1. The van der Waals surface area contributed by atoms with Gasteiger partial charge in [0.25, 0.3) is 0 Å². The number of aromatic nitrogens is 1. The van der Waals surface area contributed by atoms with Crippen molar-refractivity contribution in [3.63, 3.8) is 0 Å². The summed E-state index contributed by atoms with van der Waals surface area (Å²) in [4.78, 5) is 18.0. The van der Waals surface area contributed by atoms with Crippen molar-refractivity contribution in [1.29, 1.82) is 0 Å². The molecule has 0 aliphatic carbocycles. The number of aryl methyl sites for hydroxylation is 1. The Hall–Kier alpha value is -3.18. The summed E-state index contributed by atoms with van der Waals surface area (Å²) in [6.07, 6.45) is -8.74. The first-order chi connectivity index (χ1) is 17.5. The van der Waals surface area contributed by atoms with E-state index < -0.39 is 46.2 Å². The van der Waals surface area contributed by atoms with Crippen LogP contribution in [0.2, 0.25) is 5.15 Å². The topological polar surface area (TPSA) is 42.0 Å². The quantitative estimate of drug-likeness (QED) is 0.195. The molecule has 0 aliphatic rings. The predicted molar refractivity (Wildman–Crippen MR) is 133 cm³/mol. The van der Waals surface area contributed by atoms with Crippen molar-refractivity contribution in [1.82, 2.24) is 4.98 Å². The van der Waals surface area contributed by atoms with Gasteiger partial charge in [0.1, 0.15) is 11.0 Å². The van der Waals surface area contributed by atoms with Gasteiger partial charge in [-0.2, -0.15) is 26.3 Å². The van der Waals surface area contributed by atoms with Crippen LogP contribution in [0.4, 0.5) is 36.4 Å². The van der Waals surface area contributed by atoms with Crippen molar-refractivity contribution < 1.29 is 35.5 Å². The van der Waals surface area contributed by atoms with Gasteiger partial charge in [-0.15, -0.1) is 11.3 Å². The van der Waals surface area contributed by atoms with E-state index in [0.717, 1.165) is 11.3 Å². The molecule has 12 heteroatoms. The Balaban J connectivity index is 1.85. The minimum atomic E-state index is -5.07. The van der Waals surface area contributed by atoms with Crippen LogP contribution in [0.25, 0.3) is 20.5 Å². The first-order valence-electron chi connectivity index (χ1n) is 10.9. The Bertz CT molecular complexity index is 1530. The van der Waals surface area contributed by atoms with E-state index in [4.69, 9.17) is 11.6 Å². The van der Waals surface area contributed by atoms with E-state index >= 15 is 0 Å². The zero-order chi connectivity index (χ0) is 28.2. The molecule has 4 rings (SSSR count). The lowest BCUT2D eigenvalue weighted by atomic mass is 9.81. The van der Waals surface area contributed by atoms with Crippen LogP contribution in [-0.2, 0) is 22.6 Å². The molecule has 3 nitrogen and oxygen atoms in total. The van der Waals surface area contributed by atoms with Gasteiger partial charge >= 0.3 is 12.4 Å². The molecule has 0 unspecified atom stereocenters. The zero-order valence-electron chi connectivity index (χ0n) is 19.9. The first kappa shape index (κ1) is 27.8. The van der Waals surface area contributed by atoms with Crippen LogP contribution in [0.5, 0.6) is 0 Å². The summed E-state index contributed by atoms with van der Waals surface area (Å²) in [6.45, 7) is 4.10. The molecular formula is C26H18ClF7N2OS. The van der Waals surface area contributed by atoms with Gasteiger partial charge in [-0.3, -0.25) is 4.79 Å². The van der Waals surface area contributed by atoms with Crippen LogP contribution in [0.3, 0.4) is 0 Å². The van der Waals surface area contributed by atoms with Gasteiger partial charge < -0.3 is 5.32 Å². The van der Waals surface area contributed by atoms with Crippen LogP contribution in [0.15, 0.2) is 48.7 Å². The highest BCUT2D eigenvalue weighted by Crippen LogP contribution is 2.46. The lowest BCUT2D eigenvalue weighted by molar-refractivity contribution is -0.143. The zero-order valence-corrected chi connectivity index (χ0v) is 21.5. The number of hydrogen-bond acceptors (Lipinski definition) is 3. The third-order valence-electron chi connectivity index (χ3n) is 6.11. The molecule has 38 heavy (non-hydrogen) atoms. The third kappa shape index (κ3) is 5.22. The van der Waals surface area contributed by atoms with E-state index in [1.807, 2.05) is 0 Å². The van der Waals surface area contributed by atoms with Gasteiger partial charge in [0.15, 0.2) is 0 Å². The van der Waals surface area contributed by atoms with Crippen LogP contribution in [0, 0.1) is 12.7 Å². The number of anilines is 1. The highest BCUT2D eigenvalue weighted by Gasteiger charge is 2.40. The van der Waals surface area contributed by atoms with Crippen molar-refractivity contribution in [2.75, 3.05) is 5.32 Å². The molecule has 4 aromatic rings. The highest BCUT2D eigenvalue weighted by molar-refractivity contribution is 7.23.